The van der Waals surface area contributed by atoms with Gasteiger partial charge >= 0.3 is 5.97 Å². The van der Waals surface area contributed by atoms with Gasteiger partial charge in [0, 0.05) is 29.4 Å². The molecular formula is C25H26Cl2F2N4O3. The molecule has 0 atom stereocenters. The van der Waals surface area contributed by atoms with E-state index in [1.807, 2.05) is 21.6 Å². The number of pyridine rings is 1. The van der Waals surface area contributed by atoms with Crippen molar-refractivity contribution in [3.8, 4) is 0 Å². The highest BCUT2D eigenvalue weighted by molar-refractivity contribution is 6.30. The van der Waals surface area contributed by atoms with Crippen LogP contribution in [-0.4, -0.2) is 62.5 Å². The first kappa shape index (κ1) is 26.3. The molecule has 0 unspecified atom stereocenters. The Bertz CT molecular complexity index is 1310. The number of carboxylic acid groups (broad SMARTS) is 1. The highest BCUT2D eigenvalue weighted by Gasteiger charge is 2.30. The number of hydrogen-bond acceptors (Lipinski definition) is 4. The molecule has 1 amide bonds. The number of piperidine rings is 1. The molecule has 2 aromatic heterocycles. The van der Waals surface area contributed by atoms with E-state index in [9.17, 15) is 23.5 Å². The van der Waals surface area contributed by atoms with Gasteiger partial charge in [-0.3, -0.25) is 14.5 Å². The second kappa shape index (κ2) is 10.7. The number of amides is 1. The predicted molar refractivity (Wildman–Crippen MR) is 133 cm³/mol. The van der Waals surface area contributed by atoms with Crippen LogP contribution in [0.3, 0.4) is 0 Å². The number of aromatic nitrogens is 2. The molecule has 11 heteroatoms. The van der Waals surface area contributed by atoms with E-state index >= 15 is 0 Å². The van der Waals surface area contributed by atoms with Gasteiger partial charge in [-0.05, 0) is 56.1 Å². The minimum atomic E-state index is -0.811. The molecule has 5 rings (SSSR count). The van der Waals surface area contributed by atoms with Crippen molar-refractivity contribution >= 4 is 46.9 Å². The van der Waals surface area contributed by atoms with Gasteiger partial charge in [-0.15, -0.1) is 12.4 Å². The topological polar surface area (TPSA) is 78.7 Å². The maximum Gasteiger partial charge on any atom is 0.306 e. The van der Waals surface area contributed by atoms with Gasteiger partial charge in [-0.25, -0.2) is 13.8 Å². The molecule has 2 aliphatic heterocycles. The molecular weight excluding hydrogens is 513 g/mol. The molecule has 4 heterocycles. The monoisotopic (exact) mass is 538 g/mol. The fourth-order valence-electron chi connectivity index (χ4n) is 5.13. The van der Waals surface area contributed by atoms with Crippen LogP contribution in [0.4, 0.5) is 8.78 Å². The van der Waals surface area contributed by atoms with E-state index < -0.39 is 22.6 Å². The number of carbonyl (C=O) groups is 2. The van der Waals surface area contributed by atoms with Crippen LogP contribution in [-0.2, 0) is 29.1 Å². The van der Waals surface area contributed by atoms with Gasteiger partial charge in [-0.2, -0.15) is 0 Å². The average Bonchev–Trinajstić information content (AvgIpc) is 3.17. The van der Waals surface area contributed by atoms with Gasteiger partial charge in [0.2, 0.25) is 5.91 Å². The molecule has 1 fully saturated rings. The quantitative estimate of drug-likeness (QED) is 0.494. The van der Waals surface area contributed by atoms with Crippen LogP contribution in [0.1, 0.15) is 29.7 Å². The maximum atomic E-state index is 14.7. The molecule has 192 valence electrons. The molecule has 0 aliphatic carbocycles. The Morgan fingerprint density at radius 2 is 1.89 bits per heavy atom. The molecule has 0 saturated carbocycles. The van der Waals surface area contributed by atoms with E-state index in [1.54, 1.807) is 11.1 Å². The van der Waals surface area contributed by atoms with E-state index in [4.69, 9.17) is 11.6 Å². The Labute approximate surface area is 218 Å². The van der Waals surface area contributed by atoms with Gasteiger partial charge in [0.15, 0.2) is 0 Å². The molecule has 1 N–H and O–H groups in total. The summed E-state index contributed by atoms with van der Waals surface area (Å²) in [6, 6.07) is 6.34. The third kappa shape index (κ3) is 4.92. The van der Waals surface area contributed by atoms with Crippen molar-refractivity contribution in [2.45, 2.75) is 32.4 Å². The summed E-state index contributed by atoms with van der Waals surface area (Å²) < 4.78 is 30.3. The highest BCUT2D eigenvalue weighted by Crippen LogP contribution is 2.32. The molecule has 2 aliphatic rings. The number of halogens is 4. The smallest absolute Gasteiger partial charge is 0.306 e. The normalized spacial score (nSPS) is 16.6. The van der Waals surface area contributed by atoms with Crippen molar-refractivity contribution in [2.24, 2.45) is 5.92 Å². The number of carbonyl (C=O) groups excluding carboxylic acids is 1. The summed E-state index contributed by atoms with van der Waals surface area (Å²) in [5, 5.41) is 9.61. The first-order chi connectivity index (χ1) is 16.8. The van der Waals surface area contributed by atoms with E-state index in [-0.39, 0.29) is 42.9 Å². The van der Waals surface area contributed by atoms with Crippen LogP contribution in [0.2, 0.25) is 5.02 Å². The minimum Gasteiger partial charge on any atom is -0.481 e. The first-order valence-electron chi connectivity index (χ1n) is 11.6. The van der Waals surface area contributed by atoms with Crippen LogP contribution in [0.25, 0.3) is 11.0 Å². The van der Waals surface area contributed by atoms with E-state index in [0.29, 0.717) is 51.1 Å². The highest BCUT2D eigenvalue weighted by atomic mass is 35.5. The lowest BCUT2D eigenvalue weighted by molar-refractivity contribution is -0.143. The number of rotatable bonds is 5. The third-order valence-electron chi connectivity index (χ3n) is 7.11. The van der Waals surface area contributed by atoms with E-state index in [0.717, 1.165) is 22.7 Å². The summed E-state index contributed by atoms with van der Waals surface area (Å²) in [6.07, 6.45) is 3.39. The van der Waals surface area contributed by atoms with Crippen molar-refractivity contribution in [1.82, 2.24) is 19.4 Å². The fourth-order valence-corrected chi connectivity index (χ4v) is 5.32. The summed E-state index contributed by atoms with van der Waals surface area (Å²) >= 11 is 5.80. The maximum absolute atomic E-state index is 14.7. The van der Waals surface area contributed by atoms with E-state index in [1.165, 1.54) is 6.07 Å². The zero-order valence-corrected chi connectivity index (χ0v) is 21.0. The molecule has 36 heavy (non-hydrogen) atoms. The molecule has 1 aromatic carbocycles. The van der Waals surface area contributed by atoms with Gasteiger partial charge in [-0.1, -0.05) is 17.7 Å². The summed E-state index contributed by atoms with van der Waals surface area (Å²) in [5.74, 6) is -2.76. The Kier molecular flexibility index (Phi) is 7.82. The number of likely N-dealkylation sites (tertiary alicyclic amines) is 1. The number of aliphatic carboxylic acids is 1. The Morgan fingerprint density at radius 3 is 2.61 bits per heavy atom. The summed E-state index contributed by atoms with van der Waals surface area (Å²) in [5.41, 5.74) is 2.88. The van der Waals surface area contributed by atoms with Gasteiger partial charge in [0.25, 0.3) is 0 Å². The standard InChI is InChI=1S/C25H25ClF2N4O3.ClH/c26-22-19(27)4-3-16(23(22)28)12-32-20-13-31(11-7-17(20)18-2-1-8-29-24(18)32)21(33)14-30-9-5-15(6-10-30)25(34)35;/h1-4,8,15H,5-7,9-14H2,(H,34,35);1H. The lowest BCUT2D eigenvalue weighted by Gasteiger charge is -2.33. The van der Waals surface area contributed by atoms with Gasteiger partial charge in [0.1, 0.15) is 22.3 Å². The van der Waals surface area contributed by atoms with Crippen molar-refractivity contribution < 1.29 is 23.5 Å². The van der Waals surface area contributed by atoms with Crippen molar-refractivity contribution in [2.75, 3.05) is 26.2 Å². The van der Waals surface area contributed by atoms with Crippen LogP contribution in [0.5, 0.6) is 0 Å². The van der Waals surface area contributed by atoms with Crippen LogP contribution in [0.15, 0.2) is 30.5 Å². The Morgan fingerprint density at radius 1 is 1.14 bits per heavy atom. The number of fused-ring (bicyclic) bond motifs is 3. The summed E-state index contributed by atoms with van der Waals surface area (Å²) in [7, 11) is 0. The zero-order valence-electron chi connectivity index (χ0n) is 19.4. The number of hydrogen-bond donors (Lipinski definition) is 1. The number of carboxylic acids is 1. The first-order valence-corrected chi connectivity index (χ1v) is 12.0. The van der Waals surface area contributed by atoms with Crippen molar-refractivity contribution in [3.05, 3.63) is 63.9 Å². The second-order valence-corrected chi connectivity index (χ2v) is 9.55. The second-order valence-electron chi connectivity index (χ2n) is 9.17. The average molecular weight is 539 g/mol. The van der Waals surface area contributed by atoms with Gasteiger partial charge in [0.05, 0.1) is 25.6 Å². The summed E-state index contributed by atoms with van der Waals surface area (Å²) in [6.45, 7) is 2.42. The molecule has 3 aromatic rings. The SMILES string of the molecule is Cl.O=C(O)C1CCN(CC(=O)N2CCc3c(n(Cc4ccc(F)c(Cl)c4F)c4ncccc34)C2)CC1. The minimum absolute atomic E-state index is 0. The summed E-state index contributed by atoms with van der Waals surface area (Å²) in [4.78, 5) is 32.6. The van der Waals surface area contributed by atoms with Crippen LogP contribution in [0, 0.1) is 17.6 Å². The number of nitrogens with zero attached hydrogens (tertiary/aromatic N) is 4. The Balaban J connectivity index is 0.00000304. The van der Waals surface area contributed by atoms with Crippen LogP contribution < -0.4 is 0 Å². The van der Waals surface area contributed by atoms with Crippen LogP contribution >= 0.6 is 24.0 Å². The molecule has 0 bridgehead atoms. The number of benzene rings is 1. The third-order valence-corrected chi connectivity index (χ3v) is 7.45. The molecule has 7 nitrogen and oxygen atoms in total. The van der Waals surface area contributed by atoms with E-state index in [2.05, 4.69) is 4.98 Å². The largest absolute Gasteiger partial charge is 0.481 e. The fraction of sp³-hybridized carbons (Fsp3) is 0.400. The predicted octanol–water partition coefficient (Wildman–Crippen LogP) is 4.12. The lowest BCUT2D eigenvalue weighted by Crippen LogP contribution is -2.45. The van der Waals surface area contributed by atoms with Crippen molar-refractivity contribution in [1.29, 1.82) is 0 Å². The zero-order chi connectivity index (χ0) is 24.7. The molecule has 0 spiro atoms. The Hall–Kier alpha value is -2.75. The van der Waals surface area contributed by atoms with Gasteiger partial charge < -0.3 is 14.6 Å². The molecule has 1 saturated heterocycles. The van der Waals surface area contributed by atoms with Crippen molar-refractivity contribution in [3.63, 3.8) is 0 Å². The molecule has 0 radical (unpaired) electrons. The lowest BCUT2D eigenvalue weighted by atomic mass is 9.97.